The van der Waals surface area contributed by atoms with Gasteiger partial charge in [-0.2, -0.15) is 0 Å². The highest BCUT2D eigenvalue weighted by Gasteiger charge is 2.50. The van der Waals surface area contributed by atoms with Gasteiger partial charge in [-0.1, -0.05) is 54.1 Å². The Morgan fingerprint density at radius 2 is 1.63 bits per heavy atom. The lowest BCUT2D eigenvalue weighted by Crippen LogP contribution is -2.60. The highest BCUT2D eigenvalue weighted by molar-refractivity contribution is 6.30. The number of halogens is 1. The quantitative estimate of drug-likeness (QED) is 0.791. The standard InChI is InChI=1S/C21H23ClO5/c1-23-19-17(13-7-4-3-5-8-13)26-16-12-25-21(27-18(16)20(19)24-2)14-9-6-10-15(22)11-14/h3-11,16-21H,12H2,1-2H3/t16-,17+,18-,19+,20+,21-/m1/s1. The SMILES string of the molecule is CO[C@@H]1[C@@H](OC)[C@H](c2ccccc2)O[C@@H]2CO[C@@H](c3cccc(Cl)c3)O[C@@H]12. The second-order valence-electron chi connectivity index (χ2n) is 6.73. The minimum Gasteiger partial charge on any atom is -0.376 e. The van der Waals surface area contributed by atoms with Crippen molar-refractivity contribution < 1.29 is 23.7 Å². The predicted molar refractivity (Wildman–Crippen MR) is 101 cm³/mol. The van der Waals surface area contributed by atoms with Gasteiger partial charge in [-0.15, -0.1) is 0 Å². The summed E-state index contributed by atoms with van der Waals surface area (Å²) in [6.07, 6.45) is -1.91. The number of methoxy groups -OCH3 is 2. The van der Waals surface area contributed by atoms with Crippen LogP contribution in [0.4, 0.5) is 0 Å². The summed E-state index contributed by atoms with van der Waals surface area (Å²) in [5.41, 5.74) is 1.91. The van der Waals surface area contributed by atoms with Crippen molar-refractivity contribution in [1.29, 1.82) is 0 Å². The summed E-state index contributed by atoms with van der Waals surface area (Å²) in [7, 11) is 3.35. The first-order chi connectivity index (χ1) is 13.2. The fourth-order valence-electron chi connectivity index (χ4n) is 3.84. The number of hydrogen-bond donors (Lipinski definition) is 0. The smallest absolute Gasteiger partial charge is 0.184 e. The molecule has 6 heteroatoms. The molecule has 0 aliphatic carbocycles. The zero-order valence-electron chi connectivity index (χ0n) is 15.3. The fraction of sp³-hybridized carbons (Fsp3) is 0.429. The molecule has 2 aromatic rings. The van der Waals surface area contributed by atoms with E-state index >= 15 is 0 Å². The van der Waals surface area contributed by atoms with Crippen LogP contribution in [0.5, 0.6) is 0 Å². The van der Waals surface area contributed by atoms with Gasteiger partial charge in [-0.25, -0.2) is 0 Å². The van der Waals surface area contributed by atoms with Gasteiger partial charge in [0.05, 0.1) is 6.61 Å². The molecule has 2 aliphatic heterocycles. The fourth-order valence-corrected chi connectivity index (χ4v) is 4.04. The van der Waals surface area contributed by atoms with E-state index in [1.165, 1.54) is 0 Å². The molecule has 0 aromatic heterocycles. The van der Waals surface area contributed by atoms with Crippen molar-refractivity contribution in [3.05, 3.63) is 70.7 Å². The first-order valence-corrected chi connectivity index (χ1v) is 9.37. The molecule has 0 bridgehead atoms. The Kier molecular flexibility index (Phi) is 5.78. The van der Waals surface area contributed by atoms with Crippen molar-refractivity contribution in [2.24, 2.45) is 0 Å². The van der Waals surface area contributed by atoms with E-state index in [9.17, 15) is 0 Å². The Morgan fingerprint density at radius 3 is 2.33 bits per heavy atom. The highest BCUT2D eigenvalue weighted by atomic mass is 35.5. The van der Waals surface area contributed by atoms with Crippen LogP contribution in [0.15, 0.2) is 54.6 Å². The zero-order chi connectivity index (χ0) is 18.8. The molecular weight excluding hydrogens is 368 g/mol. The van der Waals surface area contributed by atoms with E-state index in [2.05, 4.69) is 0 Å². The van der Waals surface area contributed by atoms with Crippen molar-refractivity contribution in [3.8, 4) is 0 Å². The zero-order valence-corrected chi connectivity index (χ0v) is 16.0. The molecule has 0 amide bonds. The van der Waals surface area contributed by atoms with Crippen molar-refractivity contribution in [2.75, 3.05) is 20.8 Å². The van der Waals surface area contributed by atoms with E-state index in [0.29, 0.717) is 11.6 Å². The van der Waals surface area contributed by atoms with Gasteiger partial charge in [-0.3, -0.25) is 0 Å². The van der Waals surface area contributed by atoms with E-state index < -0.39 is 6.29 Å². The van der Waals surface area contributed by atoms with Gasteiger partial charge in [0.15, 0.2) is 6.29 Å². The molecule has 5 nitrogen and oxygen atoms in total. The van der Waals surface area contributed by atoms with Crippen LogP contribution in [0, 0.1) is 0 Å². The average Bonchev–Trinajstić information content (AvgIpc) is 2.72. The van der Waals surface area contributed by atoms with Crippen LogP contribution < -0.4 is 0 Å². The minimum absolute atomic E-state index is 0.248. The Balaban J connectivity index is 1.59. The molecular formula is C21H23ClO5. The third-order valence-corrected chi connectivity index (χ3v) is 5.35. The molecule has 0 radical (unpaired) electrons. The molecule has 144 valence electrons. The van der Waals surface area contributed by atoms with Crippen molar-refractivity contribution in [2.45, 2.75) is 36.8 Å². The van der Waals surface area contributed by atoms with Crippen molar-refractivity contribution >= 4 is 11.6 Å². The predicted octanol–water partition coefficient (Wildman–Crippen LogP) is 3.92. The molecule has 0 unspecified atom stereocenters. The maximum atomic E-state index is 6.34. The molecule has 2 fully saturated rings. The molecule has 0 N–H and O–H groups in total. The normalized spacial score (nSPS) is 33.4. The first kappa shape index (κ1) is 18.9. The Bertz CT molecular complexity index is 755. The van der Waals surface area contributed by atoms with Gasteiger partial charge in [0.1, 0.15) is 30.5 Å². The van der Waals surface area contributed by atoms with Gasteiger partial charge in [0.2, 0.25) is 0 Å². The molecule has 4 rings (SSSR count). The third-order valence-electron chi connectivity index (χ3n) is 5.12. The van der Waals surface area contributed by atoms with E-state index in [1.54, 1.807) is 14.2 Å². The third kappa shape index (κ3) is 3.76. The number of hydrogen-bond acceptors (Lipinski definition) is 5. The highest BCUT2D eigenvalue weighted by Crippen LogP contribution is 2.41. The lowest BCUT2D eigenvalue weighted by atomic mass is 9.90. The lowest BCUT2D eigenvalue weighted by molar-refractivity contribution is -0.334. The van der Waals surface area contributed by atoms with Crippen LogP contribution in [0.3, 0.4) is 0 Å². The van der Waals surface area contributed by atoms with Gasteiger partial charge >= 0.3 is 0 Å². The summed E-state index contributed by atoms with van der Waals surface area (Å²) in [6, 6.07) is 17.5. The Morgan fingerprint density at radius 1 is 0.889 bits per heavy atom. The summed E-state index contributed by atoms with van der Waals surface area (Å²) in [4.78, 5) is 0. The largest absolute Gasteiger partial charge is 0.376 e. The Labute approximate surface area is 164 Å². The van der Waals surface area contributed by atoms with E-state index in [-0.39, 0.29) is 30.5 Å². The average molecular weight is 391 g/mol. The van der Waals surface area contributed by atoms with Gasteiger partial charge in [0, 0.05) is 24.8 Å². The van der Waals surface area contributed by atoms with Crippen molar-refractivity contribution in [3.63, 3.8) is 0 Å². The van der Waals surface area contributed by atoms with E-state index in [0.717, 1.165) is 11.1 Å². The van der Waals surface area contributed by atoms with Gasteiger partial charge < -0.3 is 23.7 Å². The van der Waals surface area contributed by atoms with Gasteiger partial charge in [-0.05, 0) is 17.7 Å². The molecule has 2 heterocycles. The molecule has 0 saturated carbocycles. The second-order valence-corrected chi connectivity index (χ2v) is 7.16. The number of ether oxygens (including phenoxy) is 5. The van der Waals surface area contributed by atoms with Crippen LogP contribution >= 0.6 is 11.6 Å². The van der Waals surface area contributed by atoms with Gasteiger partial charge in [0.25, 0.3) is 0 Å². The first-order valence-electron chi connectivity index (χ1n) is 9.00. The molecule has 0 spiro atoms. The summed E-state index contributed by atoms with van der Waals surface area (Å²) in [5.74, 6) is 0. The van der Waals surface area contributed by atoms with Crippen molar-refractivity contribution in [1.82, 2.24) is 0 Å². The van der Waals surface area contributed by atoms with Crippen LogP contribution in [0.25, 0.3) is 0 Å². The van der Waals surface area contributed by atoms with Crippen LogP contribution in [-0.4, -0.2) is 45.2 Å². The number of benzene rings is 2. The molecule has 2 aliphatic rings. The van der Waals surface area contributed by atoms with Crippen LogP contribution in [-0.2, 0) is 23.7 Å². The van der Waals surface area contributed by atoms with Crippen LogP contribution in [0.2, 0.25) is 5.02 Å². The lowest BCUT2D eigenvalue weighted by Gasteiger charge is -2.48. The summed E-state index contributed by atoms with van der Waals surface area (Å²) in [5, 5.41) is 0.643. The molecule has 2 saturated heterocycles. The Hall–Kier alpha value is -1.47. The second kappa shape index (κ2) is 8.27. The minimum atomic E-state index is -0.517. The summed E-state index contributed by atoms with van der Waals surface area (Å²) >= 11 is 6.11. The maximum absolute atomic E-state index is 6.34. The van der Waals surface area contributed by atoms with E-state index in [4.69, 9.17) is 35.3 Å². The van der Waals surface area contributed by atoms with E-state index in [1.807, 2.05) is 54.6 Å². The molecule has 2 aromatic carbocycles. The summed E-state index contributed by atoms with van der Waals surface area (Å²) in [6.45, 7) is 0.404. The summed E-state index contributed by atoms with van der Waals surface area (Å²) < 4.78 is 30.1. The topological polar surface area (TPSA) is 46.2 Å². The van der Waals surface area contributed by atoms with Crippen LogP contribution in [0.1, 0.15) is 23.5 Å². The monoisotopic (exact) mass is 390 g/mol. The molecule has 6 atom stereocenters. The number of rotatable bonds is 4. The number of fused-ring (bicyclic) bond motifs is 1. The molecule has 27 heavy (non-hydrogen) atoms. The maximum Gasteiger partial charge on any atom is 0.184 e.